The van der Waals surface area contributed by atoms with E-state index in [1.807, 2.05) is 0 Å². The van der Waals surface area contributed by atoms with Crippen molar-refractivity contribution in [3.8, 4) is 6.07 Å². The number of aliphatic carboxylic acids is 1. The number of nitrogens with zero attached hydrogens (tertiary/aromatic N) is 1. The third-order valence-electron chi connectivity index (χ3n) is 5.36. The molecule has 1 amide bonds. The maximum atomic E-state index is 13.1. The molecule has 2 heterocycles. The van der Waals surface area contributed by atoms with Gasteiger partial charge in [-0.2, -0.15) is 18.4 Å². The Labute approximate surface area is 157 Å². The monoisotopic (exact) mass is 396 g/mol. The van der Waals surface area contributed by atoms with Gasteiger partial charge in [0.15, 0.2) is 5.78 Å². The molecule has 7 nitrogen and oxygen atoms in total. The lowest BCUT2D eigenvalue weighted by Gasteiger charge is -2.32. The molecular formula is C18H15F3N2O5. The number of nitrogens with one attached hydrogen (secondary N) is 1. The summed E-state index contributed by atoms with van der Waals surface area (Å²) in [6, 6.07) is 4.07. The van der Waals surface area contributed by atoms with Crippen LogP contribution < -0.4 is 5.32 Å². The van der Waals surface area contributed by atoms with Gasteiger partial charge in [-0.3, -0.25) is 14.4 Å². The molecule has 2 fully saturated rings. The summed E-state index contributed by atoms with van der Waals surface area (Å²) >= 11 is 0. The third kappa shape index (κ3) is 2.82. The van der Waals surface area contributed by atoms with Crippen molar-refractivity contribution in [2.24, 2.45) is 11.8 Å². The number of anilines is 1. The van der Waals surface area contributed by atoms with Crippen LogP contribution in [0.4, 0.5) is 18.9 Å². The molecule has 28 heavy (non-hydrogen) atoms. The van der Waals surface area contributed by atoms with Gasteiger partial charge in [0.05, 0.1) is 28.7 Å². The average molecular weight is 396 g/mol. The zero-order chi connectivity index (χ0) is 21.1. The van der Waals surface area contributed by atoms with Crippen LogP contribution in [0.2, 0.25) is 0 Å². The van der Waals surface area contributed by atoms with Gasteiger partial charge in [-0.25, -0.2) is 0 Å². The Kier molecular flexibility index (Phi) is 4.27. The minimum absolute atomic E-state index is 0.174. The van der Waals surface area contributed by atoms with Crippen molar-refractivity contribution in [1.29, 1.82) is 5.26 Å². The quantitative estimate of drug-likeness (QED) is 0.810. The number of fused-ring (bicyclic) bond motifs is 2. The molecule has 4 unspecified atom stereocenters. The molecule has 0 aliphatic carbocycles. The Morgan fingerprint density at radius 2 is 1.96 bits per heavy atom. The fraction of sp³-hybridized carbons (Fsp3) is 0.444. The maximum Gasteiger partial charge on any atom is 0.417 e. The molecule has 1 aromatic rings. The maximum absolute atomic E-state index is 13.1. The largest absolute Gasteiger partial charge is 0.481 e. The van der Waals surface area contributed by atoms with Crippen LogP contribution in [0.15, 0.2) is 18.2 Å². The van der Waals surface area contributed by atoms with E-state index in [-0.39, 0.29) is 12.1 Å². The summed E-state index contributed by atoms with van der Waals surface area (Å²) in [5.74, 6) is -5.47. The number of Topliss-reactive ketones (excluding diaryl/α,β-unsaturated/α-hetero) is 1. The first-order valence-electron chi connectivity index (χ1n) is 8.22. The van der Waals surface area contributed by atoms with Gasteiger partial charge in [-0.15, -0.1) is 0 Å². The van der Waals surface area contributed by atoms with Gasteiger partial charge in [0.25, 0.3) is 0 Å². The number of hydrogen-bond acceptors (Lipinski definition) is 5. The summed E-state index contributed by atoms with van der Waals surface area (Å²) < 4.78 is 44.9. The van der Waals surface area contributed by atoms with E-state index in [9.17, 15) is 32.7 Å². The Morgan fingerprint density at radius 3 is 2.50 bits per heavy atom. The molecule has 0 radical (unpaired) electrons. The first-order valence-corrected chi connectivity index (χ1v) is 8.22. The zero-order valence-electron chi connectivity index (χ0n) is 14.8. The van der Waals surface area contributed by atoms with Crippen LogP contribution in [-0.2, 0) is 25.3 Å². The number of ether oxygens (including phenoxy) is 1. The summed E-state index contributed by atoms with van der Waals surface area (Å²) in [4.78, 5) is 36.7. The molecule has 2 bridgehead atoms. The van der Waals surface area contributed by atoms with E-state index in [2.05, 4.69) is 5.32 Å². The lowest BCUT2D eigenvalue weighted by Crippen LogP contribution is -2.52. The average Bonchev–Trinajstić information content (AvgIpc) is 2.95. The second-order valence-corrected chi connectivity index (χ2v) is 7.27. The number of carboxylic acids is 1. The van der Waals surface area contributed by atoms with Crippen molar-refractivity contribution in [2.45, 2.75) is 37.6 Å². The van der Waals surface area contributed by atoms with Crippen molar-refractivity contribution < 1.29 is 37.4 Å². The number of carbonyl (C=O) groups is 3. The Balaban J connectivity index is 1.95. The number of benzene rings is 1. The SMILES string of the molecule is CC12CC(=O)C(C)(O1)C(C(=O)O)C2C(=O)Nc1ccc(C#N)c(C(F)(F)F)c1. The minimum Gasteiger partial charge on any atom is -0.481 e. The molecule has 2 aliphatic heterocycles. The predicted octanol–water partition coefficient (Wildman–Crippen LogP) is 2.35. The Morgan fingerprint density at radius 1 is 1.32 bits per heavy atom. The highest BCUT2D eigenvalue weighted by molar-refractivity contribution is 6.04. The van der Waals surface area contributed by atoms with Crippen molar-refractivity contribution >= 4 is 23.3 Å². The number of ketones is 1. The highest BCUT2D eigenvalue weighted by atomic mass is 19.4. The lowest BCUT2D eigenvalue weighted by molar-refractivity contribution is -0.154. The van der Waals surface area contributed by atoms with E-state index < -0.39 is 58.0 Å². The normalized spacial score (nSPS) is 31.5. The molecule has 1 aromatic carbocycles. The summed E-state index contributed by atoms with van der Waals surface area (Å²) in [6.07, 6.45) is -4.98. The highest BCUT2D eigenvalue weighted by Gasteiger charge is 2.72. The highest BCUT2D eigenvalue weighted by Crippen LogP contribution is 2.56. The fourth-order valence-electron chi connectivity index (χ4n) is 4.13. The van der Waals surface area contributed by atoms with E-state index in [0.717, 1.165) is 12.1 Å². The van der Waals surface area contributed by atoms with Crippen LogP contribution in [0.3, 0.4) is 0 Å². The van der Waals surface area contributed by atoms with E-state index >= 15 is 0 Å². The van der Waals surface area contributed by atoms with Crippen LogP contribution in [0.25, 0.3) is 0 Å². The first kappa shape index (κ1) is 19.8. The summed E-state index contributed by atoms with van der Waals surface area (Å²) in [6.45, 7) is 2.74. The van der Waals surface area contributed by atoms with Crippen LogP contribution in [0.1, 0.15) is 31.4 Å². The van der Waals surface area contributed by atoms with Crippen LogP contribution >= 0.6 is 0 Å². The van der Waals surface area contributed by atoms with Gasteiger partial charge < -0.3 is 15.2 Å². The number of rotatable bonds is 3. The second-order valence-electron chi connectivity index (χ2n) is 7.27. The lowest BCUT2D eigenvalue weighted by atomic mass is 9.66. The number of nitriles is 1. The number of carboxylic acid groups (broad SMARTS) is 1. The second kappa shape index (κ2) is 6.04. The minimum atomic E-state index is -4.81. The van der Waals surface area contributed by atoms with E-state index in [4.69, 9.17) is 10.00 Å². The predicted molar refractivity (Wildman–Crippen MR) is 86.9 cm³/mol. The molecule has 0 aromatic heterocycles. The van der Waals surface area contributed by atoms with Crippen LogP contribution in [-0.4, -0.2) is 34.0 Å². The number of halogens is 3. The zero-order valence-corrected chi connectivity index (χ0v) is 14.8. The topological polar surface area (TPSA) is 116 Å². The molecule has 2 saturated heterocycles. The Hall–Kier alpha value is -2.93. The summed E-state index contributed by atoms with van der Waals surface area (Å²) in [5.41, 5.74) is -5.13. The molecular weight excluding hydrogens is 381 g/mol. The number of amides is 1. The first-order chi connectivity index (χ1) is 12.8. The van der Waals surface area contributed by atoms with Crippen LogP contribution in [0, 0.1) is 23.2 Å². The van der Waals surface area contributed by atoms with Gasteiger partial charge in [0.1, 0.15) is 11.5 Å². The van der Waals surface area contributed by atoms with Crippen molar-refractivity contribution in [1.82, 2.24) is 0 Å². The van der Waals surface area contributed by atoms with Crippen molar-refractivity contribution in [3.63, 3.8) is 0 Å². The molecule has 148 valence electrons. The summed E-state index contributed by atoms with van der Waals surface area (Å²) in [5, 5.41) is 20.6. The molecule has 0 saturated carbocycles. The molecule has 2 N–H and O–H groups in total. The standard InChI is InChI=1S/C18H15F3N2O5/c1-16-6-11(24)17(2,28-16)13(15(26)27)12(16)14(25)23-9-4-3-8(7-22)10(5-9)18(19,20)21/h3-5,12-13H,6H2,1-2H3,(H,23,25)(H,26,27). The third-order valence-corrected chi connectivity index (χ3v) is 5.36. The summed E-state index contributed by atoms with van der Waals surface area (Å²) in [7, 11) is 0. The smallest absolute Gasteiger partial charge is 0.417 e. The molecule has 2 aliphatic rings. The number of alkyl halides is 3. The fourth-order valence-corrected chi connectivity index (χ4v) is 4.13. The van der Waals surface area contributed by atoms with Gasteiger partial charge in [0, 0.05) is 12.1 Å². The number of carbonyl (C=O) groups excluding carboxylic acids is 2. The van der Waals surface area contributed by atoms with E-state index in [1.54, 1.807) is 0 Å². The van der Waals surface area contributed by atoms with Crippen LogP contribution in [0.5, 0.6) is 0 Å². The van der Waals surface area contributed by atoms with E-state index in [1.165, 1.54) is 19.9 Å². The van der Waals surface area contributed by atoms with Gasteiger partial charge in [-0.05, 0) is 32.0 Å². The van der Waals surface area contributed by atoms with Gasteiger partial charge in [-0.1, -0.05) is 0 Å². The molecule has 10 heteroatoms. The molecule has 4 atom stereocenters. The van der Waals surface area contributed by atoms with Crippen molar-refractivity contribution in [2.75, 3.05) is 5.32 Å². The molecule has 0 spiro atoms. The number of hydrogen-bond donors (Lipinski definition) is 2. The van der Waals surface area contributed by atoms with Crippen molar-refractivity contribution in [3.05, 3.63) is 29.3 Å². The van der Waals surface area contributed by atoms with E-state index in [0.29, 0.717) is 6.07 Å². The van der Waals surface area contributed by atoms with Gasteiger partial charge >= 0.3 is 12.1 Å². The van der Waals surface area contributed by atoms with Gasteiger partial charge in [0.2, 0.25) is 5.91 Å². The Bertz CT molecular complexity index is 938. The molecule has 3 rings (SSSR count).